The maximum atomic E-state index is 11.6. The van der Waals surface area contributed by atoms with Gasteiger partial charge in [0, 0.05) is 0 Å². The summed E-state index contributed by atoms with van der Waals surface area (Å²) < 4.78 is 5.59. The van der Waals surface area contributed by atoms with Gasteiger partial charge in [-0.2, -0.15) is 0 Å². The zero-order chi connectivity index (χ0) is 14.4. The maximum absolute atomic E-state index is 11.6. The van der Waals surface area contributed by atoms with Gasteiger partial charge in [-0.1, -0.05) is 18.9 Å². The Hall–Kier alpha value is -1.55. The first-order valence-corrected chi connectivity index (χ1v) is 7.29. The lowest BCUT2D eigenvalue weighted by Gasteiger charge is -2.12. The van der Waals surface area contributed by atoms with Gasteiger partial charge in [-0.15, -0.1) is 0 Å². The molecule has 4 nitrogen and oxygen atoms in total. The van der Waals surface area contributed by atoms with Gasteiger partial charge >= 0.3 is 0 Å². The molecule has 0 aliphatic heterocycles. The third-order valence-electron chi connectivity index (χ3n) is 3.43. The number of hydrogen-bond acceptors (Lipinski definition) is 3. The zero-order valence-electron chi connectivity index (χ0n) is 12.3. The molecule has 1 aromatic carbocycles. The van der Waals surface area contributed by atoms with Crippen molar-refractivity contribution in [1.82, 2.24) is 5.48 Å². The van der Waals surface area contributed by atoms with Crippen LogP contribution >= 0.6 is 0 Å². The average Bonchev–Trinajstić information content (AvgIpc) is 2.88. The summed E-state index contributed by atoms with van der Waals surface area (Å²) >= 11 is 0. The van der Waals surface area contributed by atoms with Gasteiger partial charge in [0.15, 0.2) is 0 Å². The van der Waals surface area contributed by atoms with Gasteiger partial charge in [-0.25, -0.2) is 5.48 Å². The van der Waals surface area contributed by atoms with Gasteiger partial charge in [-0.05, 0) is 49.9 Å². The summed E-state index contributed by atoms with van der Waals surface area (Å²) in [6, 6.07) is 6.04. The molecule has 0 saturated heterocycles. The second-order valence-electron chi connectivity index (χ2n) is 5.47. The van der Waals surface area contributed by atoms with Gasteiger partial charge in [-0.3, -0.25) is 9.63 Å². The van der Waals surface area contributed by atoms with E-state index in [1.807, 2.05) is 26.0 Å². The number of rotatable bonds is 6. The molecular weight excluding hydrogens is 254 g/mol. The van der Waals surface area contributed by atoms with Crippen molar-refractivity contribution in [3.05, 3.63) is 29.3 Å². The molecule has 0 spiro atoms. The number of benzene rings is 1. The average molecular weight is 277 g/mol. The number of hydroxylamine groups is 1. The fraction of sp³-hybridized carbons (Fsp3) is 0.562. The minimum absolute atomic E-state index is 0.124. The van der Waals surface area contributed by atoms with Crippen LogP contribution in [0.5, 0.6) is 5.75 Å². The van der Waals surface area contributed by atoms with Crippen molar-refractivity contribution in [3.63, 3.8) is 0 Å². The highest BCUT2D eigenvalue weighted by Crippen LogP contribution is 2.20. The van der Waals surface area contributed by atoms with Crippen molar-refractivity contribution >= 4 is 5.91 Å². The van der Waals surface area contributed by atoms with Crippen LogP contribution in [0.4, 0.5) is 0 Å². The van der Waals surface area contributed by atoms with Crippen molar-refractivity contribution in [2.24, 2.45) is 0 Å². The number of carbonyl (C=O) groups excluding carboxylic acids is 1. The molecule has 0 atom stereocenters. The molecule has 110 valence electrons. The van der Waals surface area contributed by atoms with Gasteiger partial charge < -0.3 is 4.74 Å². The van der Waals surface area contributed by atoms with Crippen molar-refractivity contribution < 1.29 is 14.4 Å². The Morgan fingerprint density at radius 3 is 2.50 bits per heavy atom. The quantitative estimate of drug-likeness (QED) is 0.813. The standard InChI is InChI=1S/C16H23NO3/c1-12-9-13(2)11-15(10-12)19-8-7-16(18)17-20-14-5-3-4-6-14/h9-11,14H,3-8H2,1-2H3,(H,17,18). The first-order valence-electron chi connectivity index (χ1n) is 7.29. The first-order chi connectivity index (χ1) is 9.63. The summed E-state index contributed by atoms with van der Waals surface area (Å²) in [6.45, 7) is 4.42. The molecule has 20 heavy (non-hydrogen) atoms. The Bertz CT molecular complexity index is 433. The molecule has 1 aromatic rings. The lowest BCUT2D eigenvalue weighted by atomic mass is 10.1. The van der Waals surface area contributed by atoms with Crippen LogP contribution in [0.25, 0.3) is 0 Å². The highest BCUT2D eigenvalue weighted by molar-refractivity contribution is 5.74. The number of hydrogen-bond donors (Lipinski definition) is 1. The van der Waals surface area contributed by atoms with Crippen LogP contribution in [0.2, 0.25) is 0 Å². The van der Waals surface area contributed by atoms with Crippen molar-refractivity contribution in [2.75, 3.05) is 6.61 Å². The van der Waals surface area contributed by atoms with Crippen LogP contribution in [0.15, 0.2) is 18.2 Å². The number of amides is 1. The minimum Gasteiger partial charge on any atom is -0.493 e. The van der Waals surface area contributed by atoms with E-state index in [4.69, 9.17) is 9.57 Å². The normalized spacial score (nSPS) is 15.3. The maximum Gasteiger partial charge on any atom is 0.246 e. The topological polar surface area (TPSA) is 47.6 Å². The van der Waals surface area contributed by atoms with Crippen LogP contribution in [-0.4, -0.2) is 18.6 Å². The van der Waals surface area contributed by atoms with E-state index < -0.39 is 0 Å². The molecule has 2 rings (SSSR count). The molecular formula is C16H23NO3. The minimum atomic E-state index is -0.124. The van der Waals surface area contributed by atoms with Gasteiger partial charge in [0.25, 0.3) is 0 Å². The van der Waals surface area contributed by atoms with E-state index in [-0.39, 0.29) is 12.0 Å². The highest BCUT2D eigenvalue weighted by atomic mass is 16.7. The number of nitrogens with one attached hydrogen (secondary N) is 1. The fourth-order valence-corrected chi connectivity index (χ4v) is 2.48. The SMILES string of the molecule is Cc1cc(C)cc(OCCC(=O)NOC2CCCC2)c1. The van der Waals surface area contributed by atoms with Crippen LogP contribution in [0.1, 0.15) is 43.2 Å². The second kappa shape index (κ2) is 7.29. The van der Waals surface area contributed by atoms with E-state index in [0.29, 0.717) is 13.0 Å². The van der Waals surface area contributed by atoms with Gasteiger partial charge in [0.1, 0.15) is 5.75 Å². The molecule has 1 amide bonds. The number of aryl methyl sites for hydroxylation is 2. The zero-order valence-corrected chi connectivity index (χ0v) is 12.3. The lowest BCUT2D eigenvalue weighted by Crippen LogP contribution is -2.29. The molecule has 1 N–H and O–H groups in total. The molecule has 0 heterocycles. The Kier molecular flexibility index (Phi) is 5.41. The number of carbonyl (C=O) groups is 1. The number of ether oxygens (including phenoxy) is 1. The van der Waals surface area contributed by atoms with Crippen molar-refractivity contribution in [2.45, 2.75) is 52.1 Å². The Morgan fingerprint density at radius 2 is 1.85 bits per heavy atom. The molecule has 4 heteroatoms. The van der Waals surface area contributed by atoms with Crippen LogP contribution in [0, 0.1) is 13.8 Å². The van der Waals surface area contributed by atoms with Crippen molar-refractivity contribution in [3.8, 4) is 5.75 Å². The summed E-state index contributed by atoms with van der Waals surface area (Å²) in [4.78, 5) is 17.0. The molecule has 1 saturated carbocycles. The van der Waals surface area contributed by atoms with Crippen LogP contribution in [-0.2, 0) is 9.63 Å². The monoisotopic (exact) mass is 277 g/mol. The Labute approximate surface area is 120 Å². The van der Waals surface area contributed by atoms with E-state index in [2.05, 4.69) is 11.5 Å². The Morgan fingerprint density at radius 1 is 1.20 bits per heavy atom. The smallest absolute Gasteiger partial charge is 0.246 e. The third kappa shape index (κ3) is 4.85. The van der Waals surface area contributed by atoms with Crippen LogP contribution < -0.4 is 10.2 Å². The molecule has 1 aliphatic carbocycles. The summed E-state index contributed by atoms with van der Waals surface area (Å²) in [5.74, 6) is 0.688. The highest BCUT2D eigenvalue weighted by Gasteiger charge is 2.16. The summed E-state index contributed by atoms with van der Waals surface area (Å²) in [6.07, 6.45) is 4.96. The predicted molar refractivity (Wildman–Crippen MR) is 77.5 cm³/mol. The third-order valence-corrected chi connectivity index (χ3v) is 3.43. The second-order valence-corrected chi connectivity index (χ2v) is 5.47. The molecule has 1 fully saturated rings. The largest absolute Gasteiger partial charge is 0.493 e. The lowest BCUT2D eigenvalue weighted by molar-refractivity contribution is -0.138. The molecule has 0 aromatic heterocycles. The first kappa shape index (κ1) is 14.9. The van der Waals surface area contributed by atoms with E-state index >= 15 is 0 Å². The summed E-state index contributed by atoms with van der Waals surface area (Å²) in [5.41, 5.74) is 4.84. The van der Waals surface area contributed by atoms with E-state index in [1.54, 1.807) is 0 Å². The van der Waals surface area contributed by atoms with Crippen LogP contribution in [0.3, 0.4) is 0 Å². The molecule has 0 bridgehead atoms. The molecule has 0 unspecified atom stereocenters. The predicted octanol–water partition coefficient (Wildman–Crippen LogP) is 3.06. The Balaban J connectivity index is 1.65. The fourth-order valence-electron chi connectivity index (χ4n) is 2.48. The van der Waals surface area contributed by atoms with E-state index in [9.17, 15) is 4.79 Å². The van der Waals surface area contributed by atoms with Crippen molar-refractivity contribution in [1.29, 1.82) is 0 Å². The van der Waals surface area contributed by atoms with E-state index in [1.165, 1.54) is 12.8 Å². The van der Waals surface area contributed by atoms with Gasteiger partial charge in [0.05, 0.1) is 19.1 Å². The molecule has 1 aliphatic rings. The van der Waals surface area contributed by atoms with E-state index in [0.717, 1.165) is 29.7 Å². The summed E-state index contributed by atoms with van der Waals surface area (Å²) in [5, 5.41) is 0. The van der Waals surface area contributed by atoms with Gasteiger partial charge in [0.2, 0.25) is 5.91 Å². The summed E-state index contributed by atoms with van der Waals surface area (Å²) in [7, 11) is 0. The molecule has 0 radical (unpaired) electrons.